The van der Waals surface area contributed by atoms with Gasteiger partial charge in [0.25, 0.3) is 0 Å². The van der Waals surface area contributed by atoms with Gasteiger partial charge in [0.1, 0.15) is 0 Å². The van der Waals surface area contributed by atoms with Crippen molar-refractivity contribution in [2.24, 2.45) is 5.92 Å². The number of alkyl halides is 3. The van der Waals surface area contributed by atoms with Crippen molar-refractivity contribution in [1.82, 2.24) is 10.2 Å². The van der Waals surface area contributed by atoms with E-state index in [2.05, 4.69) is 5.32 Å². The van der Waals surface area contributed by atoms with Gasteiger partial charge in [-0.3, -0.25) is 4.90 Å². The Hall–Kier alpha value is -0.290. The molecule has 0 aromatic carbocycles. The smallest absolute Gasteiger partial charge is 0.315 e. The van der Waals surface area contributed by atoms with E-state index in [1.807, 2.05) is 13.8 Å². The van der Waals surface area contributed by atoms with Gasteiger partial charge in [0, 0.05) is 12.6 Å². The van der Waals surface area contributed by atoms with Crippen LogP contribution < -0.4 is 5.32 Å². The van der Waals surface area contributed by atoms with Gasteiger partial charge >= 0.3 is 6.18 Å². The van der Waals surface area contributed by atoms with Crippen LogP contribution in [0.15, 0.2) is 0 Å². The Labute approximate surface area is 95.2 Å². The molecule has 1 aliphatic rings. The minimum atomic E-state index is -4.09. The fraction of sp³-hybridized carbons (Fsp3) is 1.00. The summed E-state index contributed by atoms with van der Waals surface area (Å²) in [4.78, 5) is 1.58. The summed E-state index contributed by atoms with van der Waals surface area (Å²) in [5.41, 5.74) is 0. The number of piperidine rings is 1. The number of nitrogens with zero attached hydrogens (tertiary/aromatic N) is 1. The summed E-state index contributed by atoms with van der Waals surface area (Å²) in [7, 11) is 0. The average Bonchev–Trinajstić information content (AvgIpc) is 2.16. The van der Waals surface area contributed by atoms with E-state index in [0.29, 0.717) is 19.0 Å². The molecule has 1 fully saturated rings. The summed E-state index contributed by atoms with van der Waals surface area (Å²) in [6, 6.07) is 0.0234. The van der Waals surface area contributed by atoms with E-state index in [-0.39, 0.29) is 6.04 Å². The maximum absolute atomic E-state index is 12.4. The van der Waals surface area contributed by atoms with Crippen molar-refractivity contribution in [2.45, 2.75) is 38.9 Å². The van der Waals surface area contributed by atoms with E-state index < -0.39 is 12.7 Å². The zero-order valence-electron chi connectivity index (χ0n) is 9.98. The molecular weight excluding hydrogens is 217 g/mol. The van der Waals surface area contributed by atoms with Crippen molar-refractivity contribution in [3.63, 3.8) is 0 Å². The lowest BCUT2D eigenvalue weighted by Crippen LogP contribution is -2.53. The van der Waals surface area contributed by atoms with Crippen molar-refractivity contribution >= 4 is 0 Å². The second kappa shape index (κ2) is 5.87. The summed E-state index contributed by atoms with van der Waals surface area (Å²) < 4.78 is 37.3. The topological polar surface area (TPSA) is 15.3 Å². The van der Waals surface area contributed by atoms with Gasteiger partial charge in [0.2, 0.25) is 0 Å². The lowest BCUT2D eigenvalue weighted by atomic mass is 9.93. The molecule has 16 heavy (non-hydrogen) atoms. The quantitative estimate of drug-likeness (QED) is 0.808. The highest BCUT2D eigenvalue weighted by molar-refractivity contribution is 4.84. The van der Waals surface area contributed by atoms with E-state index in [9.17, 15) is 13.2 Å². The molecule has 2 atom stereocenters. The first-order valence-electron chi connectivity index (χ1n) is 5.95. The molecule has 0 aromatic rings. The van der Waals surface area contributed by atoms with Gasteiger partial charge in [0.05, 0.1) is 6.54 Å². The molecule has 0 aromatic heterocycles. The molecule has 1 aliphatic heterocycles. The maximum atomic E-state index is 12.4. The van der Waals surface area contributed by atoms with E-state index in [1.54, 1.807) is 4.90 Å². The zero-order valence-corrected chi connectivity index (χ0v) is 9.98. The van der Waals surface area contributed by atoms with Crippen molar-refractivity contribution < 1.29 is 13.2 Å². The Morgan fingerprint density at radius 3 is 2.56 bits per heavy atom. The largest absolute Gasteiger partial charge is 0.401 e. The molecule has 0 amide bonds. The van der Waals surface area contributed by atoms with Crippen LogP contribution in [0.25, 0.3) is 0 Å². The molecular formula is C11H21F3N2. The van der Waals surface area contributed by atoms with Crippen LogP contribution in [0.3, 0.4) is 0 Å². The highest BCUT2D eigenvalue weighted by Gasteiger charge is 2.35. The van der Waals surface area contributed by atoms with Crippen molar-refractivity contribution in [2.75, 3.05) is 26.2 Å². The summed E-state index contributed by atoms with van der Waals surface area (Å²) in [6.07, 6.45) is -2.37. The van der Waals surface area contributed by atoms with E-state index in [1.165, 1.54) is 0 Å². The van der Waals surface area contributed by atoms with Gasteiger partial charge < -0.3 is 5.32 Å². The van der Waals surface area contributed by atoms with Crippen LogP contribution in [-0.2, 0) is 0 Å². The van der Waals surface area contributed by atoms with Gasteiger partial charge in [-0.15, -0.1) is 0 Å². The van der Waals surface area contributed by atoms with Gasteiger partial charge in [0.15, 0.2) is 0 Å². The van der Waals surface area contributed by atoms with E-state index >= 15 is 0 Å². The highest BCUT2D eigenvalue weighted by Crippen LogP contribution is 2.23. The molecule has 96 valence electrons. The SMILES string of the molecule is CCCN(CC(F)(F)F)C1CNCCC1C. The second-order valence-electron chi connectivity index (χ2n) is 4.62. The molecule has 0 aliphatic carbocycles. The standard InChI is InChI=1S/C11H21F3N2/c1-3-6-16(8-11(12,13)14)10-7-15-5-4-9(10)2/h9-10,15H,3-8H2,1-2H3. The Kier molecular flexibility index (Phi) is 5.05. The number of halogens is 3. The summed E-state index contributed by atoms with van der Waals surface area (Å²) in [6.45, 7) is 5.31. The van der Waals surface area contributed by atoms with Crippen LogP contribution in [0.2, 0.25) is 0 Å². The number of rotatable bonds is 4. The normalized spacial score (nSPS) is 27.4. The molecule has 1 saturated heterocycles. The molecule has 0 radical (unpaired) electrons. The third-order valence-corrected chi connectivity index (χ3v) is 3.15. The minimum absolute atomic E-state index is 0.0234. The van der Waals surface area contributed by atoms with Crippen molar-refractivity contribution in [3.05, 3.63) is 0 Å². The predicted molar refractivity (Wildman–Crippen MR) is 58.4 cm³/mol. The first kappa shape index (κ1) is 13.8. The van der Waals surface area contributed by atoms with Gasteiger partial charge in [-0.2, -0.15) is 13.2 Å². The van der Waals surface area contributed by atoms with Gasteiger partial charge in [-0.1, -0.05) is 13.8 Å². The monoisotopic (exact) mass is 238 g/mol. The molecule has 2 nitrogen and oxygen atoms in total. The molecule has 5 heteroatoms. The Morgan fingerprint density at radius 1 is 1.38 bits per heavy atom. The molecule has 1 rings (SSSR count). The molecule has 0 spiro atoms. The highest BCUT2D eigenvalue weighted by atomic mass is 19.4. The first-order chi connectivity index (χ1) is 7.44. The van der Waals surface area contributed by atoms with Crippen LogP contribution >= 0.6 is 0 Å². The Morgan fingerprint density at radius 2 is 2.06 bits per heavy atom. The molecule has 1 heterocycles. The second-order valence-corrected chi connectivity index (χ2v) is 4.62. The van der Waals surface area contributed by atoms with Crippen molar-refractivity contribution in [3.8, 4) is 0 Å². The average molecular weight is 238 g/mol. The van der Waals surface area contributed by atoms with Crippen LogP contribution in [0.1, 0.15) is 26.7 Å². The van der Waals surface area contributed by atoms with E-state index in [4.69, 9.17) is 0 Å². The van der Waals surface area contributed by atoms with Crippen LogP contribution in [-0.4, -0.2) is 43.3 Å². The third kappa shape index (κ3) is 4.29. The number of hydrogen-bond donors (Lipinski definition) is 1. The molecule has 0 saturated carbocycles. The zero-order chi connectivity index (χ0) is 12.2. The predicted octanol–water partition coefficient (Wildman–Crippen LogP) is 2.26. The van der Waals surface area contributed by atoms with Crippen LogP contribution in [0.5, 0.6) is 0 Å². The molecule has 2 unspecified atom stereocenters. The fourth-order valence-corrected chi connectivity index (χ4v) is 2.34. The first-order valence-corrected chi connectivity index (χ1v) is 5.95. The Bertz CT molecular complexity index is 206. The third-order valence-electron chi connectivity index (χ3n) is 3.15. The van der Waals surface area contributed by atoms with Gasteiger partial charge in [-0.25, -0.2) is 0 Å². The lowest BCUT2D eigenvalue weighted by Gasteiger charge is -2.39. The Balaban J connectivity index is 2.60. The maximum Gasteiger partial charge on any atom is 0.401 e. The van der Waals surface area contributed by atoms with E-state index in [0.717, 1.165) is 19.4 Å². The van der Waals surface area contributed by atoms with Crippen molar-refractivity contribution in [1.29, 1.82) is 0 Å². The lowest BCUT2D eigenvalue weighted by molar-refractivity contribution is -0.153. The number of nitrogens with one attached hydrogen (secondary N) is 1. The minimum Gasteiger partial charge on any atom is -0.315 e. The number of hydrogen-bond acceptors (Lipinski definition) is 2. The van der Waals surface area contributed by atoms with Gasteiger partial charge in [-0.05, 0) is 31.8 Å². The molecule has 0 bridgehead atoms. The summed E-state index contributed by atoms with van der Waals surface area (Å²) in [5, 5.41) is 3.18. The fourth-order valence-electron chi connectivity index (χ4n) is 2.34. The summed E-state index contributed by atoms with van der Waals surface area (Å²) >= 11 is 0. The van der Waals surface area contributed by atoms with Crippen LogP contribution in [0.4, 0.5) is 13.2 Å². The molecule has 1 N–H and O–H groups in total. The summed E-state index contributed by atoms with van der Waals surface area (Å²) in [5.74, 6) is 0.343. The van der Waals surface area contributed by atoms with Crippen LogP contribution in [0, 0.1) is 5.92 Å².